The van der Waals surface area contributed by atoms with E-state index in [-0.39, 0.29) is 0 Å². The highest BCUT2D eigenvalue weighted by Gasteiger charge is 2.29. The maximum Gasteiger partial charge on any atom is 0.0829 e. The van der Waals surface area contributed by atoms with E-state index in [2.05, 4.69) is 22.2 Å². The summed E-state index contributed by atoms with van der Waals surface area (Å²) in [5.74, 6) is 0. The van der Waals surface area contributed by atoms with E-state index in [0.717, 1.165) is 38.3 Å². The minimum atomic E-state index is 0.420. The van der Waals surface area contributed by atoms with Crippen molar-refractivity contribution in [3.8, 4) is 0 Å². The molecule has 2 atom stereocenters. The van der Waals surface area contributed by atoms with Gasteiger partial charge in [0.15, 0.2) is 0 Å². The first-order chi connectivity index (χ1) is 8.79. The fourth-order valence-electron chi connectivity index (χ4n) is 3.21. The third-order valence-electron chi connectivity index (χ3n) is 4.36. The summed E-state index contributed by atoms with van der Waals surface area (Å²) in [4.78, 5) is 4.99. The molecular weight excluding hydrogens is 226 g/mol. The van der Waals surface area contributed by atoms with E-state index in [0.29, 0.717) is 6.10 Å². The molecule has 0 bridgehead atoms. The number of likely N-dealkylation sites (tertiary alicyclic amines) is 1. The third kappa shape index (κ3) is 3.67. The Labute approximate surface area is 111 Å². The average Bonchev–Trinajstić information content (AvgIpc) is 3.13. The molecule has 0 aromatic rings. The van der Waals surface area contributed by atoms with Crippen molar-refractivity contribution in [1.29, 1.82) is 0 Å². The van der Waals surface area contributed by atoms with Gasteiger partial charge in [0.25, 0.3) is 0 Å². The normalized spacial score (nSPS) is 35.8. The van der Waals surface area contributed by atoms with Gasteiger partial charge in [0, 0.05) is 38.3 Å². The lowest BCUT2D eigenvalue weighted by molar-refractivity contribution is -0.0391. The predicted molar refractivity (Wildman–Crippen MR) is 72.9 cm³/mol. The van der Waals surface area contributed by atoms with Gasteiger partial charge in [-0.3, -0.25) is 4.90 Å². The lowest BCUT2D eigenvalue weighted by Crippen LogP contribution is -2.51. The van der Waals surface area contributed by atoms with Crippen LogP contribution in [0.1, 0.15) is 25.7 Å². The SMILES string of the molecule is CN1CCOC(CN2CCCC(NC3CC3)C2)C1. The first-order valence-electron chi connectivity index (χ1n) is 7.58. The van der Waals surface area contributed by atoms with Gasteiger partial charge in [-0.15, -0.1) is 0 Å². The lowest BCUT2D eigenvalue weighted by Gasteiger charge is -2.38. The molecule has 2 unspecified atom stereocenters. The van der Waals surface area contributed by atoms with Crippen LogP contribution in [0.5, 0.6) is 0 Å². The molecule has 0 aromatic heterocycles. The zero-order valence-corrected chi connectivity index (χ0v) is 11.6. The highest BCUT2D eigenvalue weighted by molar-refractivity contribution is 4.88. The van der Waals surface area contributed by atoms with Crippen molar-refractivity contribution in [2.24, 2.45) is 0 Å². The Kier molecular flexibility index (Phi) is 4.19. The third-order valence-corrected chi connectivity index (χ3v) is 4.36. The lowest BCUT2D eigenvalue weighted by atomic mass is 10.0. The minimum absolute atomic E-state index is 0.420. The number of nitrogens with zero attached hydrogens (tertiary/aromatic N) is 2. The number of likely N-dealkylation sites (N-methyl/N-ethyl adjacent to an activating group) is 1. The Hall–Kier alpha value is -0.160. The van der Waals surface area contributed by atoms with Gasteiger partial charge < -0.3 is 15.0 Å². The summed E-state index contributed by atoms with van der Waals surface area (Å²) in [7, 11) is 2.20. The number of piperidine rings is 1. The van der Waals surface area contributed by atoms with Crippen LogP contribution in [0.2, 0.25) is 0 Å². The molecule has 1 aliphatic carbocycles. The molecule has 3 aliphatic rings. The van der Waals surface area contributed by atoms with E-state index in [1.807, 2.05) is 0 Å². The zero-order valence-electron chi connectivity index (χ0n) is 11.6. The largest absolute Gasteiger partial charge is 0.374 e. The van der Waals surface area contributed by atoms with Crippen LogP contribution in [0, 0.1) is 0 Å². The molecule has 4 nitrogen and oxygen atoms in total. The van der Waals surface area contributed by atoms with Crippen molar-refractivity contribution in [2.75, 3.05) is 46.4 Å². The monoisotopic (exact) mass is 253 g/mol. The maximum absolute atomic E-state index is 5.88. The average molecular weight is 253 g/mol. The van der Waals surface area contributed by atoms with Crippen LogP contribution in [0.3, 0.4) is 0 Å². The van der Waals surface area contributed by atoms with E-state index in [9.17, 15) is 0 Å². The van der Waals surface area contributed by atoms with Crippen molar-refractivity contribution in [2.45, 2.75) is 43.9 Å². The van der Waals surface area contributed by atoms with Crippen LogP contribution in [0.15, 0.2) is 0 Å². The van der Waals surface area contributed by atoms with Gasteiger partial charge in [-0.2, -0.15) is 0 Å². The van der Waals surface area contributed by atoms with Gasteiger partial charge in [0.2, 0.25) is 0 Å². The van der Waals surface area contributed by atoms with Gasteiger partial charge in [0.1, 0.15) is 0 Å². The molecule has 4 heteroatoms. The second kappa shape index (κ2) is 5.87. The van der Waals surface area contributed by atoms with E-state index >= 15 is 0 Å². The zero-order chi connectivity index (χ0) is 12.4. The Morgan fingerprint density at radius 2 is 2.00 bits per heavy atom. The Balaban J connectivity index is 1.43. The maximum atomic E-state index is 5.88. The van der Waals surface area contributed by atoms with Gasteiger partial charge in [0.05, 0.1) is 12.7 Å². The van der Waals surface area contributed by atoms with Crippen molar-refractivity contribution < 1.29 is 4.74 Å². The number of morpholine rings is 1. The number of nitrogens with one attached hydrogen (secondary N) is 1. The van der Waals surface area contributed by atoms with E-state index in [4.69, 9.17) is 4.74 Å². The molecule has 2 saturated heterocycles. The van der Waals surface area contributed by atoms with Crippen molar-refractivity contribution >= 4 is 0 Å². The van der Waals surface area contributed by atoms with E-state index < -0.39 is 0 Å². The van der Waals surface area contributed by atoms with Crippen LogP contribution < -0.4 is 5.32 Å². The van der Waals surface area contributed by atoms with Crippen LogP contribution in [-0.4, -0.2) is 74.4 Å². The number of rotatable bonds is 4. The van der Waals surface area contributed by atoms with E-state index in [1.54, 1.807) is 0 Å². The molecule has 0 spiro atoms. The second-order valence-corrected chi connectivity index (χ2v) is 6.29. The Morgan fingerprint density at radius 3 is 2.78 bits per heavy atom. The topological polar surface area (TPSA) is 27.7 Å². The Bertz CT molecular complexity index is 270. The van der Waals surface area contributed by atoms with Crippen molar-refractivity contribution in [3.63, 3.8) is 0 Å². The molecule has 2 heterocycles. The highest BCUT2D eigenvalue weighted by Crippen LogP contribution is 2.22. The van der Waals surface area contributed by atoms with Gasteiger partial charge in [-0.1, -0.05) is 0 Å². The molecular formula is C14H27N3O. The van der Waals surface area contributed by atoms with Gasteiger partial charge >= 0.3 is 0 Å². The van der Waals surface area contributed by atoms with Crippen LogP contribution in [0.25, 0.3) is 0 Å². The highest BCUT2D eigenvalue weighted by atomic mass is 16.5. The molecule has 3 fully saturated rings. The number of ether oxygens (including phenoxy) is 1. The minimum Gasteiger partial charge on any atom is -0.374 e. The second-order valence-electron chi connectivity index (χ2n) is 6.29. The smallest absolute Gasteiger partial charge is 0.0829 e. The van der Waals surface area contributed by atoms with Gasteiger partial charge in [-0.25, -0.2) is 0 Å². The fraction of sp³-hybridized carbons (Fsp3) is 1.00. The molecule has 1 saturated carbocycles. The summed E-state index contributed by atoms with van der Waals surface area (Å²) in [5.41, 5.74) is 0. The standard InChI is InChI=1S/C14H27N3O/c1-16-7-8-18-14(10-16)11-17-6-2-3-13(9-17)15-12-4-5-12/h12-15H,2-11H2,1H3. The Morgan fingerprint density at radius 1 is 1.11 bits per heavy atom. The first-order valence-corrected chi connectivity index (χ1v) is 7.58. The molecule has 0 amide bonds. The van der Waals surface area contributed by atoms with Gasteiger partial charge in [-0.05, 0) is 39.3 Å². The number of hydrogen-bond donors (Lipinski definition) is 1. The van der Waals surface area contributed by atoms with Crippen molar-refractivity contribution in [1.82, 2.24) is 15.1 Å². The quantitative estimate of drug-likeness (QED) is 0.791. The molecule has 104 valence electrons. The summed E-state index contributed by atoms with van der Waals surface area (Å²) in [6, 6.07) is 1.57. The number of hydrogen-bond acceptors (Lipinski definition) is 4. The summed E-state index contributed by atoms with van der Waals surface area (Å²) in [6.45, 7) is 6.68. The van der Waals surface area contributed by atoms with Crippen LogP contribution in [0.4, 0.5) is 0 Å². The summed E-state index contributed by atoms with van der Waals surface area (Å²) >= 11 is 0. The molecule has 0 radical (unpaired) electrons. The molecule has 2 aliphatic heterocycles. The molecule has 0 aromatic carbocycles. The summed E-state index contributed by atoms with van der Waals surface area (Å²) < 4.78 is 5.88. The first kappa shape index (κ1) is 12.9. The van der Waals surface area contributed by atoms with E-state index in [1.165, 1.54) is 38.8 Å². The predicted octanol–water partition coefficient (Wildman–Crippen LogP) is 0.533. The fourth-order valence-corrected chi connectivity index (χ4v) is 3.21. The van der Waals surface area contributed by atoms with Crippen LogP contribution >= 0.6 is 0 Å². The summed E-state index contributed by atoms with van der Waals surface area (Å²) in [6.07, 6.45) is 5.91. The van der Waals surface area contributed by atoms with Crippen molar-refractivity contribution in [3.05, 3.63) is 0 Å². The summed E-state index contributed by atoms with van der Waals surface area (Å²) in [5, 5.41) is 3.78. The molecule has 1 N–H and O–H groups in total. The van der Waals surface area contributed by atoms with Crippen LogP contribution in [-0.2, 0) is 4.74 Å². The molecule has 18 heavy (non-hydrogen) atoms. The molecule has 3 rings (SSSR count).